The number of thiophene rings is 1. The number of nitrogens with zero attached hydrogens (tertiary/aromatic N) is 2. The van der Waals surface area contributed by atoms with Crippen LogP contribution in [0.4, 0.5) is 0 Å². The second-order valence-corrected chi connectivity index (χ2v) is 8.62. The van der Waals surface area contributed by atoms with Crippen LogP contribution in [0.3, 0.4) is 0 Å². The van der Waals surface area contributed by atoms with Gasteiger partial charge in [0.15, 0.2) is 11.6 Å². The maximum atomic E-state index is 12.9. The highest BCUT2D eigenvalue weighted by atomic mass is 32.1. The zero-order valence-electron chi connectivity index (χ0n) is 15.9. The number of fused-ring (bicyclic) bond motifs is 1. The van der Waals surface area contributed by atoms with Gasteiger partial charge in [-0.05, 0) is 31.2 Å². The van der Waals surface area contributed by atoms with Crippen LogP contribution in [-0.4, -0.2) is 33.6 Å². The highest BCUT2D eigenvalue weighted by molar-refractivity contribution is 7.12. The molecular formula is C20H22N2O5S. The average molecular weight is 402 g/mol. The van der Waals surface area contributed by atoms with Crippen LogP contribution < -0.4 is 0 Å². The molecule has 4 rings (SSSR count). The topological polar surface area (TPSA) is 103 Å². The van der Waals surface area contributed by atoms with E-state index in [2.05, 4.69) is 10.1 Å². The van der Waals surface area contributed by atoms with Gasteiger partial charge in [-0.3, -0.25) is 4.79 Å². The fourth-order valence-corrected chi connectivity index (χ4v) is 5.06. The minimum absolute atomic E-state index is 0.126. The Hall–Kier alpha value is -2.32. The summed E-state index contributed by atoms with van der Waals surface area (Å²) in [5.41, 5.74) is 2.66. The van der Waals surface area contributed by atoms with Crippen molar-refractivity contribution in [1.82, 2.24) is 10.1 Å². The van der Waals surface area contributed by atoms with E-state index in [1.165, 1.54) is 11.3 Å². The van der Waals surface area contributed by atoms with Crippen LogP contribution >= 0.6 is 11.3 Å². The number of carboxylic acid groups (broad SMARTS) is 1. The van der Waals surface area contributed by atoms with Crippen LogP contribution in [0.25, 0.3) is 11.5 Å². The van der Waals surface area contributed by atoms with Crippen molar-refractivity contribution in [3.63, 3.8) is 0 Å². The molecule has 0 amide bonds. The minimum atomic E-state index is -0.988. The summed E-state index contributed by atoms with van der Waals surface area (Å²) >= 11 is 1.53. The van der Waals surface area contributed by atoms with E-state index in [1.807, 2.05) is 13.8 Å². The molecule has 0 atom stereocenters. The number of ether oxygens (including phenoxy) is 1. The standard InChI is InChI=1S/C20H22N2O5S/c1-10(2)18-21-19(27-22-18)17-13-6-7-26-9-16(13)28-15(17)8-14(23)11-4-3-5-12(11)20(24)25/h10H,3-9H2,1-2H3,(H,24,25). The summed E-state index contributed by atoms with van der Waals surface area (Å²) in [5, 5.41) is 13.4. The SMILES string of the molecule is CC(C)c1noc(-c2c(CC(=O)C3=C(C(=O)O)CCC3)sc3c2CCOC3)n1. The van der Waals surface area contributed by atoms with Crippen molar-refractivity contribution in [2.75, 3.05) is 6.61 Å². The van der Waals surface area contributed by atoms with E-state index in [4.69, 9.17) is 9.26 Å². The first-order valence-electron chi connectivity index (χ1n) is 9.49. The quantitative estimate of drug-likeness (QED) is 0.786. The fourth-order valence-electron chi connectivity index (χ4n) is 3.77. The summed E-state index contributed by atoms with van der Waals surface area (Å²) in [6.07, 6.45) is 2.59. The fraction of sp³-hybridized carbons (Fsp3) is 0.500. The maximum absolute atomic E-state index is 12.9. The smallest absolute Gasteiger partial charge is 0.331 e. The number of hydrogen-bond donors (Lipinski definition) is 1. The van der Waals surface area contributed by atoms with E-state index in [0.717, 1.165) is 27.3 Å². The summed E-state index contributed by atoms with van der Waals surface area (Å²) in [6, 6.07) is 0. The van der Waals surface area contributed by atoms with Gasteiger partial charge in [-0.1, -0.05) is 19.0 Å². The van der Waals surface area contributed by atoms with Crippen molar-refractivity contribution in [1.29, 1.82) is 0 Å². The molecule has 0 bridgehead atoms. The van der Waals surface area contributed by atoms with Gasteiger partial charge < -0.3 is 14.4 Å². The lowest BCUT2D eigenvalue weighted by Gasteiger charge is -2.12. The predicted molar refractivity (Wildman–Crippen MR) is 102 cm³/mol. The van der Waals surface area contributed by atoms with Crippen LogP contribution in [0, 0.1) is 0 Å². The predicted octanol–water partition coefficient (Wildman–Crippen LogP) is 3.67. The molecule has 1 N–H and O–H groups in total. The van der Waals surface area contributed by atoms with E-state index < -0.39 is 5.97 Å². The van der Waals surface area contributed by atoms with Gasteiger partial charge in [0, 0.05) is 33.2 Å². The Morgan fingerprint density at radius 3 is 2.71 bits per heavy atom. The van der Waals surface area contributed by atoms with E-state index in [9.17, 15) is 14.7 Å². The average Bonchev–Trinajstić information content (AvgIpc) is 3.38. The van der Waals surface area contributed by atoms with Crippen LogP contribution in [0.15, 0.2) is 15.7 Å². The molecule has 1 aliphatic carbocycles. The zero-order valence-corrected chi connectivity index (χ0v) is 16.7. The van der Waals surface area contributed by atoms with Gasteiger partial charge in [0.25, 0.3) is 5.89 Å². The molecule has 0 spiro atoms. The molecule has 148 valence electrons. The highest BCUT2D eigenvalue weighted by Gasteiger charge is 2.30. The Bertz CT molecular complexity index is 969. The molecule has 8 heteroatoms. The molecule has 1 aliphatic heterocycles. The van der Waals surface area contributed by atoms with Crippen molar-refractivity contribution in [3.05, 3.63) is 32.3 Å². The molecule has 28 heavy (non-hydrogen) atoms. The van der Waals surface area contributed by atoms with Gasteiger partial charge in [-0.25, -0.2) is 4.79 Å². The molecule has 3 heterocycles. The van der Waals surface area contributed by atoms with Crippen LogP contribution in [-0.2, 0) is 33.8 Å². The number of carboxylic acids is 1. The Balaban J connectivity index is 1.72. The number of rotatable bonds is 6. The monoisotopic (exact) mass is 402 g/mol. The Morgan fingerprint density at radius 2 is 2.00 bits per heavy atom. The Labute approximate surface area is 166 Å². The van der Waals surface area contributed by atoms with E-state index in [1.54, 1.807) is 0 Å². The molecule has 2 aliphatic rings. The summed E-state index contributed by atoms with van der Waals surface area (Å²) in [5.74, 6) is 0.0931. The molecule has 2 aromatic heterocycles. The largest absolute Gasteiger partial charge is 0.478 e. The number of allylic oxidation sites excluding steroid dienone is 1. The minimum Gasteiger partial charge on any atom is -0.478 e. The number of carbonyl (C=O) groups is 2. The molecule has 0 radical (unpaired) electrons. The van der Waals surface area contributed by atoms with Gasteiger partial charge in [-0.15, -0.1) is 11.3 Å². The van der Waals surface area contributed by atoms with Crippen molar-refractivity contribution in [2.24, 2.45) is 0 Å². The molecule has 0 aromatic carbocycles. The van der Waals surface area contributed by atoms with Gasteiger partial charge in [0.1, 0.15) is 0 Å². The van der Waals surface area contributed by atoms with Gasteiger partial charge in [0.05, 0.1) is 18.8 Å². The Morgan fingerprint density at radius 1 is 1.21 bits per heavy atom. The second kappa shape index (κ2) is 7.60. The lowest BCUT2D eigenvalue weighted by Crippen LogP contribution is -2.10. The van der Waals surface area contributed by atoms with Gasteiger partial charge in [0.2, 0.25) is 0 Å². The molecule has 0 unspecified atom stereocenters. The third kappa shape index (κ3) is 3.42. The van der Waals surface area contributed by atoms with E-state index in [0.29, 0.717) is 49.8 Å². The number of ketones is 1. The van der Waals surface area contributed by atoms with Crippen molar-refractivity contribution in [3.8, 4) is 11.5 Å². The molecule has 7 nitrogen and oxygen atoms in total. The van der Waals surface area contributed by atoms with Crippen LogP contribution in [0.1, 0.15) is 60.2 Å². The first kappa shape index (κ1) is 19.0. The van der Waals surface area contributed by atoms with Gasteiger partial charge in [-0.2, -0.15) is 4.98 Å². The van der Waals surface area contributed by atoms with Crippen LogP contribution in [0.2, 0.25) is 0 Å². The first-order chi connectivity index (χ1) is 13.5. The molecule has 0 fully saturated rings. The summed E-state index contributed by atoms with van der Waals surface area (Å²) in [4.78, 5) is 30.8. The van der Waals surface area contributed by atoms with Crippen molar-refractivity contribution < 1.29 is 24.0 Å². The van der Waals surface area contributed by atoms with E-state index >= 15 is 0 Å². The lowest BCUT2D eigenvalue weighted by atomic mass is 9.99. The third-order valence-corrected chi connectivity index (χ3v) is 6.40. The second-order valence-electron chi connectivity index (χ2n) is 7.43. The van der Waals surface area contributed by atoms with Gasteiger partial charge >= 0.3 is 5.97 Å². The van der Waals surface area contributed by atoms with E-state index in [-0.39, 0.29) is 23.7 Å². The number of aromatic nitrogens is 2. The lowest BCUT2D eigenvalue weighted by molar-refractivity contribution is -0.133. The summed E-state index contributed by atoms with van der Waals surface area (Å²) in [6.45, 7) is 5.12. The molecule has 0 saturated heterocycles. The normalized spacial score (nSPS) is 16.7. The number of Topliss-reactive ketones (excluding diaryl/α,β-unsaturated/α-hetero) is 1. The van der Waals surface area contributed by atoms with Crippen molar-refractivity contribution in [2.45, 2.75) is 58.5 Å². The Kier molecular flexibility index (Phi) is 5.16. The third-order valence-electron chi connectivity index (χ3n) is 5.20. The first-order valence-corrected chi connectivity index (χ1v) is 10.3. The number of aliphatic carboxylic acids is 1. The molecule has 0 saturated carbocycles. The van der Waals surface area contributed by atoms with Crippen molar-refractivity contribution >= 4 is 23.1 Å². The highest BCUT2D eigenvalue weighted by Crippen LogP contribution is 2.40. The van der Waals surface area contributed by atoms with Crippen LogP contribution in [0.5, 0.6) is 0 Å². The number of hydrogen-bond acceptors (Lipinski definition) is 7. The summed E-state index contributed by atoms with van der Waals surface area (Å²) < 4.78 is 11.1. The molecular weight excluding hydrogens is 380 g/mol. The summed E-state index contributed by atoms with van der Waals surface area (Å²) in [7, 11) is 0. The maximum Gasteiger partial charge on any atom is 0.331 e. The molecule has 2 aromatic rings. The number of carbonyl (C=O) groups excluding carboxylic acids is 1. The zero-order chi connectivity index (χ0) is 19.8.